The minimum atomic E-state index is -0.472. The van der Waals surface area contributed by atoms with E-state index in [0.29, 0.717) is 33.4 Å². The molecular weight excluding hydrogens is 398 g/mol. The highest BCUT2D eigenvalue weighted by Crippen LogP contribution is 2.25. The maximum Gasteiger partial charge on any atom is 0.261 e. The van der Waals surface area contributed by atoms with Crippen molar-refractivity contribution < 1.29 is 9.90 Å². The molecule has 2 N–H and O–H groups in total. The van der Waals surface area contributed by atoms with Crippen molar-refractivity contribution in [2.24, 2.45) is 5.92 Å². The molecule has 2 atom stereocenters. The number of ketones is 1. The first-order valence-electron chi connectivity index (χ1n) is 7.70. The number of carbonyl (C=O) groups is 1. The third kappa shape index (κ3) is 3.69. The Morgan fingerprint density at radius 3 is 3.04 bits per heavy atom. The molecule has 2 unspecified atom stereocenters. The summed E-state index contributed by atoms with van der Waals surface area (Å²) < 4.78 is 1.91. The van der Waals surface area contributed by atoms with Crippen molar-refractivity contribution in [3.05, 3.63) is 38.3 Å². The van der Waals surface area contributed by atoms with Crippen LogP contribution in [0.3, 0.4) is 0 Å². The monoisotopic (exact) mass is 413 g/mol. The number of aliphatic hydroxyl groups is 1. The Morgan fingerprint density at radius 2 is 2.29 bits per heavy atom. The molecule has 1 saturated heterocycles. The van der Waals surface area contributed by atoms with Crippen molar-refractivity contribution >= 4 is 44.2 Å². The summed E-state index contributed by atoms with van der Waals surface area (Å²) in [7, 11) is 0. The van der Waals surface area contributed by atoms with Gasteiger partial charge in [-0.25, -0.2) is 4.98 Å². The second kappa shape index (κ2) is 7.31. The van der Waals surface area contributed by atoms with Gasteiger partial charge in [0.15, 0.2) is 5.78 Å². The van der Waals surface area contributed by atoms with Gasteiger partial charge in [0.05, 0.1) is 34.9 Å². The Balaban J connectivity index is 1.79. The van der Waals surface area contributed by atoms with E-state index in [4.69, 9.17) is 11.6 Å². The number of rotatable bonds is 4. The van der Waals surface area contributed by atoms with Crippen LogP contribution >= 0.6 is 27.5 Å². The van der Waals surface area contributed by atoms with Gasteiger partial charge in [-0.1, -0.05) is 11.6 Å². The molecule has 2 heterocycles. The van der Waals surface area contributed by atoms with Crippen LogP contribution < -0.4 is 10.9 Å². The van der Waals surface area contributed by atoms with E-state index in [1.54, 1.807) is 12.1 Å². The van der Waals surface area contributed by atoms with Gasteiger partial charge in [-0.15, -0.1) is 0 Å². The predicted molar refractivity (Wildman–Crippen MR) is 95.3 cm³/mol. The van der Waals surface area contributed by atoms with Crippen molar-refractivity contribution in [2.75, 3.05) is 13.1 Å². The summed E-state index contributed by atoms with van der Waals surface area (Å²) in [6, 6.07) is 3.22. The molecule has 2 aromatic rings. The lowest BCUT2D eigenvalue weighted by molar-refractivity contribution is -0.121. The summed E-state index contributed by atoms with van der Waals surface area (Å²) in [6.07, 6.45) is 1.77. The molecule has 1 aliphatic heterocycles. The quantitative estimate of drug-likeness (QED) is 0.796. The molecule has 1 aliphatic rings. The lowest BCUT2D eigenvalue weighted by Gasteiger charge is -2.27. The van der Waals surface area contributed by atoms with Crippen LogP contribution in [0.25, 0.3) is 10.9 Å². The van der Waals surface area contributed by atoms with E-state index in [1.165, 1.54) is 10.9 Å². The standard InChI is InChI=1S/C16H17BrClN3O3/c17-12-4-11-14(5-13(12)18)20-8-21(16(11)24)7-10(22)3-9-6-19-2-1-15(9)23/h4-5,8-9,15,19,23H,1-3,6-7H2. The van der Waals surface area contributed by atoms with Gasteiger partial charge in [-0.05, 0) is 41.0 Å². The number of hydrogen-bond acceptors (Lipinski definition) is 5. The molecule has 8 heteroatoms. The first-order chi connectivity index (χ1) is 11.5. The van der Waals surface area contributed by atoms with Crippen molar-refractivity contribution in [3.8, 4) is 0 Å². The Kier molecular flexibility index (Phi) is 5.34. The van der Waals surface area contributed by atoms with Crippen LogP contribution in [0.5, 0.6) is 0 Å². The number of benzene rings is 1. The second-order valence-electron chi connectivity index (χ2n) is 6.02. The summed E-state index contributed by atoms with van der Waals surface area (Å²) >= 11 is 9.30. The molecule has 1 aromatic carbocycles. The van der Waals surface area contributed by atoms with Crippen LogP contribution in [0.15, 0.2) is 27.7 Å². The van der Waals surface area contributed by atoms with Crippen LogP contribution in [-0.4, -0.2) is 39.6 Å². The van der Waals surface area contributed by atoms with Gasteiger partial charge in [0.1, 0.15) is 0 Å². The largest absolute Gasteiger partial charge is 0.393 e. The molecule has 128 valence electrons. The molecule has 6 nitrogen and oxygen atoms in total. The lowest BCUT2D eigenvalue weighted by atomic mass is 9.91. The molecular formula is C16H17BrClN3O3. The van der Waals surface area contributed by atoms with Gasteiger partial charge >= 0.3 is 0 Å². The summed E-state index contributed by atoms with van der Waals surface area (Å²) in [5.74, 6) is -0.206. The van der Waals surface area contributed by atoms with E-state index >= 15 is 0 Å². The van der Waals surface area contributed by atoms with Crippen LogP contribution in [0.4, 0.5) is 0 Å². The zero-order valence-electron chi connectivity index (χ0n) is 12.8. The topological polar surface area (TPSA) is 84.2 Å². The number of Topliss-reactive ketones (excluding diaryl/α,β-unsaturated/α-hetero) is 1. The van der Waals surface area contributed by atoms with Crippen LogP contribution in [0.2, 0.25) is 5.02 Å². The van der Waals surface area contributed by atoms with E-state index in [2.05, 4.69) is 26.2 Å². The Hall–Kier alpha value is -1.28. The fourth-order valence-corrected chi connectivity index (χ4v) is 3.43. The maximum absolute atomic E-state index is 12.5. The number of carbonyl (C=O) groups excluding carboxylic acids is 1. The minimum Gasteiger partial charge on any atom is -0.393 e. The molecule has 24 heavy (non-hydrogen) atoms. The fourth-order valence-electron chi connectivity index (χ4n) is 2.93. The lowest BCUT2D eigenvalue weighted by Crippen LogP contribution is -2.41. The van der Waals surface area contributed by atoms with Crippen molar-refractivity contribution in [1.29, 1.82) is 0 Å². The van der Waals surface area contributed by atoms with Crippen molar-refractivity contribution in [2.45, 2.75) is 25.5 Å². The number of aliphatic hydroxyl groups excluding tert-OH is 1. The van der Waals surface area contributed by atoms with Gasteiger partial charge in [-0.2, -0.15) is 0 Å². The van der Waals surface area contributed by atoms with E-state index < -0.39 is 6.10 Å². The third-order valence-corrected chi connectivity index (χ3v) is 5.47. The Bertz CT molecular complexity index is 839. The molecule has 0 spiro atoms. The molecule has 1 aromatic heterocycles. The number of hydrogen-bond donors (Lipinski definition) is 2. The first kappa shape index (κ1) is 17.5. The highest BCUT2D eigenvalue weighted by molar-refractivity contribution is 9.10. The van der Waals surface area contributed by atoms with E-state index in [-0.39, 0.29) is 30.2 Å². The minimum absolute atomic E-state index is 0.0504. The molecule has 0 amide bonds. The molecule has 0 aliphatic carbocycles. The third-order valence-electron chi connectivity index (χ3n) is 4.27. The van der Waals surface area contributed by atoms with Crippen molar-refractivity contribution in [3.63, 3.8) is 0 Å². The molecule has 1 fully saturated rings. The second-order valence-corrected chi connectivity index (χ2v) is 7.29. The maximum atomic E-state index is 12.5. The molecule has 0 radical (unpaired) electrons. The summed E-state index contributed by atoms with van der Waals surface area (Å²) in [6.45, 7) is 1.33. The van der Waals surface area contributed by atoms with Crippen LogP contribution in [0, 0.1) is 5.92 Å². The van der Waals surface area contributed by atoms with Gasteiger partial charge in [0.2, 0.25) is 0 Å². The number of halogens is 2. The average molecular weight is 415 g/mol. The zero-order chi connectivity index (χ0) is 17.3. The predicted octanol–water partition coefficient (Wildman–Crippen LogP) is 1.74. The van der Waals surface area contributed by atoms with Gasteiger partial charge < -0.3 is 10.4 Å². The van der Waals surface area contributed by atoms with Crippen LogP contribution in [0.1, 0.15) is 12.8 Å². The smallest absolute Gasteiger partial charge is 0.261 e. The normalized spacial score (nSPS) is 21.1. The van der Waals surface area contributed by atoms with Crippen molar-refractivity contribution in [1.82, 2.24) is 14.9 Å². The Labute approximate surface area is 152 Å². The highest BCUT2D eigenvalue weighted by Gasteiger charge is 2.25. The number of piperidine rings is 1. The fraction of sp³-hybridized carbons (Fsp3) is 0.438. The van der Waals surface area contributed by atoms with Gasteiger partial charge in [0, 0.05) is 23.4 Å². The van der Waals surface area contributed by atoms with E-state index in [9.17, 15) is 14.7 Å². The summed E-state index contributed by atoms with van der Waals surface area (Å²) in [5.41, 5.74) is 0.205. The zero-order valence-corrected chi connectivity index (χ0v) is 15.2. The Morgan fingerprint density at radius 1 is 1.50 bits per heavy atom. The number of aromatic nitrogens is 2. The van der Waals surface area contributed by atoms with Gasteiger partial charge in [0.25, 0.3) is 5.56 Å². The van der Waals surface area contributed by atoms with E-state index in [1.807, 2.05) is 0 Å². The number of nitrogens with one attached hydrogen (secondary N) is 1. The summed E-state index contributed by atoms with van der Waals surface area (Å²) in [4.78, 5) is 29.0. The average Bonchev–Trinajstić information content (AvgIpc) is 2.54. The molecule has 0 saturated carbocycles. The number of fused-ring (bicyclic) bond motifs is 1. The molecule has 0 bridgehead atoms. The van der Waals surface area contributed by atoms with E-state index in [0.717, 1.165) is 6.54 Å². The number of nitrogens with zero attached hydrogens (tertiary/aromatic N) is 2. The first-order valence-corrected chi connectivity index (χ1v) is 8.87. The highest BCUT2D eigenvalue weighted by atomic mass is 79.9. The molecule has 3 rings (SSSR count). The SMILES string of the molecule is O=C(CC1CNCCC1O)Cn1cnc2cc(Cl)c(Br)cc2c1=O. The van der Waals surface area contributed by atoms with Crippen LogP contribution in [-0.2, 0) is 11.3 Å². The summed E-state index contributed by atoms with van der Waals surface area (Å²) in [5, 5.41) is 14.0. The van der Waals surface area contributed by atoms with Gasteiger partial charge in [-0.3, -0.25) is 14.2 Å².